The normalized spacial score (nSPS) is 22.2. The van der Waals surface area contributed by atoms with E-state index < -0.39 is 10.0 Å². The zero-order valence-corrected chi connectivity index (χ0v) is 19.1. The highest BCUT2D eigenvalue weighted by Gasteiger charge is 2.42. The van der Waals surface area contributed by atoms with E-state index in [1.165, 1.54) is 17.6 Å². The van der Waals surface area contributed by atoms with Crippen LogP contribution in [-0.2, 0) is 16.6 Å². The number of piperazine rings is 1. The lowest BCUT2D eigenvalue weighted by Gasteiger charge is -2.50. The van der Waals surface area contributed by atoms with Crippen LogP contribution >= 0.6 is 11.3 Å². The smallest absolute Gasteiger partial charge is 0.281 e. The zero-order chi connectivity index (χ0) is 21.9. The summed E-state index contributed by atoms with van der Waals surface area (Å²) in [5, 5.41) is 1.59. The molecule has 3 aliphatic rings. The molecule has 0 aliphatic carbocycles. The Balaban J connectivity index is 1.20. The van der Waals surface area contributed by atoms with Crippen molar-refractivity contribution in [1.29, 1.82) is 0 Å². The first kappa shape index (κ1) is 20.1. The van der Waals surface area contributed by atoms with Crippen molar-refractivity contribution in [3.63, 3.8) is 0 Å². The van der Waals surface area contributed by atoms with Crippen LogP contribution < -0.4 is 4.74 Å². The number of rotatable bonds is 5. The number of ether oxygens (including phenoxy) is 1. The minimum atomic E-state index is -3.15. The third kappa shape index (κ3) is 3.57. The van der Waals surface area contributed by atoms with E-state index in [-0.39, 0.29) is 12.1 Å². The Hall–Kier alpha value is -2.53. The number of hydrogen-bond acceptors (Lipinski definition) is 8. The maximum absolute atomic E-state index is 12.1. The van der Waals surface area contributed by atoms with Crippen molar-refractivity contribution in [3.8, 4) is 10.9 Å². The summed E-state index contributed by atoms with van der Waals surface area (Å²) in [6.07, 6.45) is 6.79. The van der Waals surface area contributed by atoms with Gasteiger partial charge in [0.15, 0.2) is 5.65 Å². The van der Waals surface area contributed by atoms with Crippen molar-refractivity contribution in [2.24, 2.45) is 0 Å². The van der Waals surface area contributed by atoms with E-state index in [1.807, 2.05) is 30.3 Å². The number of sulfonamides is 1. The Kier molecular flexibility index (Phi) is 4.72. The fourth-order valence-electron chi connectivity index (χ4n) is 4.84. The molecule has 6 heterocycles. The molecule has 2 bridgehead atoms. The molecule has 1 aromatic carbocycles. The molecule has 8 nitrogen and oxygen atoms in total. The Morgan fingerprint density at radius 1 is 1.22 bits per heavy atom. The van der Waals surface area contributed by atoms with Crippen molar-refractivity contribution in [1.82, 2.24) is 19.2 Å². The molecule has 0 N–H and O–H groups in total. The molecule has 0 amide bonds. The van der Waals surface area contributed by atoms with Crippen LogP contribution in [0.3, 0.4) is 0 Å². The number of nitrogens with zero attached hydrogens (tertiary/aromatic N) is 4. The van der Waals surface area contributed by atoms with E-state index in [0.717, 1.165) is 47.2 Å². The molecule has 3 saturated heterocycles. The summed E-state index contributed by atoms with van der Waals surface area (Å²) < 4.78 is 38.6. The zero-order valence-electron chi connectivity index (χ0n) is 17.5. The molecular weight excluding hydrogens is 448 g/mol. The quantitative estimate of drug-likeness (QED) is 0.438. The summed E-state index contributed by atoms with van der Waals surface area (Å²) in [4.78, 5) is 11.1. The monoisotopic (exact) mass is 470 g/mol. The highest BCUT2D eigenvalue weighted by atomic mass is 32.2. The van der Waals surface area contributed by atoms with Gasteiger partial charge in [-0.3, -0.25) is 4.90 Å². The number of fused-ring (bicyclic) bond motifs is 5. The summed E-state index contributed by atoms with van der Waals surface area (Å²) in [7, 11) is -3.15. The molecule has 4 aromatic rings. The standard InChI is InChI=1S/C22H22N4O4S2/c1-32(27,28)26-12-15-4-5-16(26)11-25(15)10-14-13-29-19-9-17(6-7-18(14)19)30-22-24-21-20(31-22)3-2-8-23-21/h2-3,6-9,13,15-16H,4-5,10-12H2,1H3. The van der Waals surface area contributed by atoms with Gasteiger partial charge in [0.05, 0.1) is 17.2 Å². The molecule has 0 saturated carbocycles. The van der Waals surface area contributed by atoms with Crippen LogP contribution in [0.5, 0.6) is 10.9 Å². The Morgan fingerprint density at radius 2 is 2.09 bits per heavy atom. The van der Waals surface area contributed by atoms with E-state index in [1.54, 1.807) is 16.8 Å². The lowest BCUT2D eigenvalue weighted by atomic mass is 9.92. The van der Waals surface area contributed by atoms with Crippen molar-refractivity contribution in [2.45, 2.75) is 31.5 Å². The lowest BCUT2D eigenvalue weighted by Crippen LogP contribution is -2.63. The predicted molar refractivity (Wildman–Crippen MR) is 122 cm³/mol. The number of benzene rings is 1. The average Bonchev–Trinajstić information content (AvgIpc) is 3.37. The molecular formula is C22H22N4O4S2. The van der Waals surface area contributed by atoms with E-state index in [4.69, 9.17) is 9.15 Å². The van der Waals surface area contributed by atoms with Gasteiger partial charge in [-0.2, -0.15) is 9.29 Å². The van der Waals surface area contributed by atoms with Gasteiger partial charge in [-0.15, -0.1) is 0 Å². The molecule has 32 heavy (non-hydrogen) atoms. The number of aromatic nitrogens is 2. The van der Waals surface area contributed by atoms with E-state index in [2.05, 4.69) is 14.9 Å². The van der Waals surface area contributed by atoms with Gasteiger partial charge in [0.1, 0.15) is 11.3 Å². The van der Waals surface area contributed by atoms with Gasteiger partial charge in [-0.1, -0.05) is 11.3 Å². The summed E-state index contributed by atoms with van der Waals surface area (Å²) in [5.41, 5.74) is 2.55. The minimum absolute atomic E-state index is 0.0662. The summed E-state index contributed by atoms with van der Waals surface area (Å²) >= 11 is 1.45. The Labute approximate surface area is 189 Å². The highest BCUT2D eigenvalue weighted by Crippen LogP contribution is 2.35. The largest absolute Gasteiger partial charge is 0.464 e. The highest BCUT2D eigenvalue weighted by molar-refractivity contribution is 7.88. The van der Waals surface area contributed by atoms with Gasteiger partial charge in [0.2, 0.25) is 10.0 Å². The number of pyridine rings is 1. The van der Waals surface area contributed by atoms with Gasteiger partial charge < -0.3 is 9.15 Å². The van der Waals surface area contributed by atoms with Crippen LogP contribution in [-0.4, -0.2) is 59.0 Å². The van der Waals surface area contributed by atoms with E-state index >= 15 is 0 Å². The van der Waals surface area contributed by atoms with Gasteiger partial charge in [0, 0.05) is 54.9 Å². The Morgan fingerprint density at radius 3 is 2.88 bits per heavy atom. The van der Waals surface area contributed by atoms with E-state index in [0.29, 0.717) is 23.1 Å². The van der Waals surface area contributed by atoms with Gasteiger partial charge in [0.25, 0.3) is 5.19 Å². The molecule has 2 atom stereocenters. The first-order chi connectivity index (χ1) is 15.4. The molecule has 2 unspecified atom stereocenters. The molecule has 0 radical (unpaired) electrons. The van der Waals surface area contributed by atoms with Crippen molar-refractivity contribution >= 4 is 42.7 Å². The maximum atomic E-state index is 12.1. The van der Waals surface area contributed by atoms with E-state index in [9.17, 15) is 8.42 Å². The fraction of sp³-hybridized carbons (Fsp3) is 0.364. The molecule has 166 valence electrons. The van der Waals surface area contributed by atoms with Crippen molar-refractivity contribution < 1.29 is 17.6 Å². The third-order valence-electron chi connectivity index (χ3n) is 6.37. The van der Waals surface area contributed by atoms with Crippen LogP contribution in [0, 0.1) is 0 Å². The van der Waals surface area contributed by atoms with Crippen molar-refractivity contribution in [3.05, 3.63) is 48.4 Å². The molecule has 3 aromatic heterocycles. The number of thiazole rings is 1. The van der Waals surface area contributed by atoms with Gasteiger partial charge >= 0.3 is 0 Å². The second-order valence-electron chi connectivity index (χ2n) is 8.47. The topological polar surface area (TPSA) is 88.8 Å². The minimum Gasteiger partial charge on any atom is -0.464 e. The first-order valence-corrected chi connectivity index (χ1v) is 13.2. The SMILES string of the molecule is CS(=O)(=O)N1CC2CCC1CN2Cc1coc2cc(Oc3nc4ncccc4s3)ccc12. The average molecular weight is 471 g/mol. The second-order valence-corrected chi connectivity index (χ2v) is 11.4. The van der Waals surface area contributed by atoms with Crippen molar-refractivity contribution in [2.75, 3.05) is 19.3 Å². The number of hydrogen-bond donors (Lipinski definition) is 0. The van der Waals surface area contributed by atoms with Gasteiger partial charge in [-0.25, -0.2) is 13.4 Å². The van der Waals surface area contributed by atoms with Crippen LogP contribution in [0.2, 0.25) is 0 Å². The van der Waals surface area contributed by atoms with Crippen LogP contribution in [0.25, 0.3) is 21.3 Å². The number of furan rings is 1. The molecule has 10 heteroatoms. The Bertz CT molecular complexity index is 1380. The molecule has 0 spiro atoms. The van der Waals surface area contributed by atoms with Crippen LogP contribution in [0.1, 0.15) is 18.4 Å². The fourth-order valence-corrected chi connectivity index (χ4v) is 6.79. The van der Waals surface area contributed by atoms with Crippen LogP contribution in [0.4, 0.5) is 0 Å². The molecule has 3 fully saturated rings. The van der Waals surface area contributed by atoms with Gasteiger partial charge in [-0.05, 0) is 37.1 Å². The summed E-state index contributed by atoms with van der Waals surface area (Å²) in [5.74, 6) is 0.665. The summed E-state index contributed by atoms with van der Waals surface area (Å²) in [6.45, 7) is 2.08. The lowest BCUT2D eigenvalue weighted by molar-refractivity contribution is 0.0185. The molecule has 7 rings (SSSR count). The predicted octanol–water partition coefficient (Wildman–Crippen LogP) is 3.84. The van der Waals surface area contributed by atoms with Crippen LogP contribution in [0.15, 0.2) is 47.2 Å². The number of piperidine rings is 2. The maximum Gasteiger partial charge on any atom is 0.281 e. The summed E-state index contributed by atoms with van der Waals surface area (Å²) in [6, 6.07) is 9.98. The third-order valence-corrected chi connectivity index (χ3v) is 8.56. The second kappa shape index (κ2) is 7.51. The molecule has 3 aliphatic heterocycles. The first-order valence-electron chi connectivity index (χ1n) is 10.5.